The second-order valence-corrected chi connectivity index (χ2v) is 7.67. The van der Waals surface area contributed by atoms with Gasteiger partial charge in [0.2, 0.25) is 0 Å². The zero-order valence-electron chi connectivity index (χ0n) is 18.5. The van der Waals surface area contributed by atoms with Crippen molar-refractivity contribution in [3.05, 3.63) is 87.8 Å². The molecular weight excluding hydrogens is 482 g/mol. The third kappa shape index (κ3) is 4.87. The normalized spacial score (nSPS) is 10.9. The minimum atomic E-state index is -2.98. The van der Waals surface area contributed by atoms with Crippen LogP contribution in [-0.4, -0.2) is 34.0 Å². The van der Waals surface area contributed by atoms with Gasteiger partial charge in [0.25, 0.3) is 11.5 Å². The number of aromatic nitrogens is 3. The van der Waals surface area contributed by atoms with Gasteiger partial charge < -0.3 is 14.8 Å². The number of halogens is 3. The lowest BCUT2D eigenvalue weighted by molar-refractivity contribution is -0.0498. The van der Waals surface area contributed by atoms with Crippen LogP contribution in [0.1, 0.15) is 10.4 Å². The molecule has 0 atom stereocenters. The molecule has 180 valence electrons. The Balaban J connectivity index is 1.80. The molecule has 1 amide bonds. The first-order valence-corrected chi connectivity index (χ1v) is 10.6. The van der Waals surface area contributed by atoms with Crippen molar-refractivity contribution in [1.29, 1.82) is 0 Å². The minimum Gasteiger partial charge on any atom is -0.497 e. The van der Waals surface area contributed by atoms with Gasteiger partial charge in [-0.3, -0.25) is 14.3 Å². The van der Waals surface area contributed by atoms with Crippen molar-refractivity contribution in [2.45, 2.75) is 6.61 Å². The van der Waals surface area contributed by atoms with Gasteiger partial charge in [0, 0.05) is 24.4 Å². The molecule has 0 spiro atoms. The highest BCUT2D eigenvalue weighted by molar-refractivity contribution is 6.32. The molecule has 11 heteroatoms. The van der Waals surface area contributed by atoms with Crippen molar-refractivity contribution < 1.29 is 23.0 Å². The molecule has 0 saturated carbocycles. The van der Waals surface area contributed by atoms with Gasteiger partial charge in [-0.05, 0) is 60.7 Å². The number of benzene rings is 2. The molecule has 0 aliphatic rings. The Bertz CT molecular complexity index is 1420. The van der Waals surface area contributed by atoms with Crippen LogP contribution in [0.25, 0.3) is 17.1 Å². The molecule has 8 nitrogen and oxygen atoms in total. The number of carbonyl (C=O) groups is 1. The maximum atomic E-state index is 13.5. The number of anilines is 1. The van der Waals surface area contributed by atoms with E-state index in [0.717, 1.165) is 0 Å². The number of methoxy groups -OCH3 is 1. The number of pyridine rings is 1. The third-order valence-electron chi connectivity index (χ3n) is 5.15. The van der Waals surface area contributed by atoms with Gasteiger partial charge >= 0.3 is 6.61 Å². The lowest BCUT2D eigenvalue weighted by atomic mass is 10.1. The average molecular weight is 501 g/mol. The van der Waals surface area contributed by atoms with Crippen LogP contribution in [0.4, 0.5) is 14.5 Å². The van der Waals surface area contributed by atoms with Crippen molar-refractivity contribution in [3.8, 4) is 28.6 Å². The Kier molecular flexibility index (Phi) is 6.83. The van der Waals surface area contributed by atoms with Crippen LogP contribution in [0.5, 0.6) is 11.5 Å². The topological polar surface area (TPSA) is 87.4 Å². The second-order valence-electron chi connectivity index (χ2n) is 7.26. The van der Waals surface area contributed by atoms with Gasteiger partial charge in [-0.15, -0.1) is 0 Å². The van der Waals surface area contributed by atoms with Crippen molar-refractivity contribution >= 4 is 23.2 Å². The Morgan fingerprint density at radius 1 is 1.06 bits per heavy atom. The summed E-state index contributed by atoms with van der Waals surface area (Å²) in [6, 6.07) is 15.3. The van der Waals surface area contributed by atoms with Crippen LogP contribution in [0.2, 0.25) is 5.02 Å². The number of carbonyl (C=O) groups excluding carboxylic acids is 1. The van der Waals surface area contributed by atoms with Gasteiger partial charge in [0.1, 0.15) is 17.2 Å². The standard InChI is InChI=1S/C24H19ClF2N4O4/c1-30-20(14-5-9-16(34-2)10-6-14)19(23(33)31(30)21-18(25)4-3-13-28-21)29-22(32)15-7-11-17(12-8-15)35-24(26)27/h3-13,24H,1-2H3,(H,29,32). The van der Waals surface area contributed by atoms with Crippen LogP contribution >= 0.6 is 11.6 Å². The number of alkyl halides is 2. The number of hydrogen-bond donors (Lipinski definition) is 1. The predicted molar refractivity (Wildman–Crippen MR) is 127 cm³/mol. The van der Waals surface area contributed by atoms with Crippen LogP contribution in [-0.2, 0) is 7.05 Å². The third-order valence-corrected chi connectivity index (χ3v) is 5.45. The quantitative estimate of drug-likeness (QED) is 0.395. The molecule has 0 saturated heterocycles. The Morgan fingerprint density at radius 2 is 1.71 bits per heavy atom. The molecule has 0 aliphatic carbocycles. The molecule has 1 N–H and O–H groups in total. The maximum Gasteiger partial charge on any atom is 0.387 e. The fourth-order valence-electron chi connectivity index (χ4n) is 3.54. The summed E-state index contributed by atoms with van der Waals surface area (Å²) in [6.45, 7) is -2.98. The van der Waals surface area contributed by atoms with E-state index in [-0.39, 0.29) is 27.8 Å². The van der Waals surface area contributed by atoms with E-state index in [0.29, 0.717) is 17.0 Å². The minimum absolute atomic E-state index is 0.0164. The highest BCUT2D eigenvalue weighted by Crippen LogP contribution is 2.30. The molecule has 2 heterocycles. The van der Waals surface area contributed by atoms with E-state index < -0.39 is 18.1 Å². The van der Waals surface area contributed by atoms with Gasteiger partial charge in [-0.2, -0.15) is 13.5 Å². The van der Waals surface area contributed by atoms with E-state index >= 15 is 0 Å². The molecule has 0 bridgehead atoms. The highest BCUT2D eigenvalue weighted by Gasteiger charge is 2.24. The molecule has 4 aromatic rings. The second kappa shape index (κ2) is 9.98. The molecular formula is C24H19ClF2N4O4. The Hall–Kier alpha value is -4.18. The van der Waals surface area contributed by atoms with E-state index in [9.17, 15) is 18.4 Å². The van der Waals surface area contributed by atoms with Crippen LogP contribution in [0.3, 0.4) is 0 Å². The highest BCUT2D eigenvalue weighted by atomic mass is 35.5. The molecule has 2 aromatic carbocycles. The number of nitrogens with one attached hydrogen (secondary N) is 1. The Labute approximate surface area is 203 Å². The van der Waals surface area contributed by atoms with Crippen LogP contribution < -0.4 is 20.3 Å². The first-order chi connectivity index (χ1) is 16.8. The average Bonchev–Trinajstić information content (AvgIpc) is 3.08. The summed E-state index contributed by atoms with van der Waals surface area (Å²) in [6.07, 6.45) is 1.50. The first kappa shape index (κ1) is 24.0. The number of ether oxygens (including phenoxy) is 2. The van der Waals surface area contributed by atoms with E-state index in [1.165, 1.54) is 46.9 Å². The van der Waals surface area contributed by atoms with Crippen molar-refractivity contribution in [3.63, 3.8) is 0 Å². The first-order valence-electron chi connectivity index (χ1n) is 10.2. The summed E-state index contributed by atoms with van der Waals surface area (Å²) in [5, 5.41) is 2.89. The number of amides is 1. The fourth-order valence-corrected chi connectivity index (χ4v) is 3.74. The van der Waals surface area contributed by atoms with E-state index in [1.54, 1.807) is 43.4 Å². The zero-order chi connectivity index (χ0) is 25.1. The number of rotatable bonds is 7. The lowest BCUT2D eigenvalue weighted by Gasteiger charge is -2.11. The maximum absolute atomic E-state index is 13.5. The van der Waals surface area contributed by atoms with Crippen molar-refractivity contribution in [2.24, 2.45) is 7.05 Å². The van der Waals surface area contributed by atoms with E-state index in [2.05, 4.69) is 15.0 Å². The summed E-state index contributed by atoms with van der Waals surface area (Å²) in [5.41, 5.74) is 0.567. The van der Waals surface area contributed by atoms with Crippen LogP contribution in [0.15, 0.2) is 71.7 Å². The van der Waals surface area contributed by atoms with Gasteiger partial charge in [0.15, 0.2) is 5.82 Å². The number of nitrogens with zero attached hydrogens (tertiary/aromatic N) is 3. The summed E-state index contributed by atoms with van der Waals surface area (Å²) in [5.74, 6) is 0.0840. The van der Waals surface area contributed by atoms with E-state index in [1.807, 2.05) is 0 Å². The van der Waals surface area contributed by atoms with Gasteiger partial charge in [-0.25, -0.2) is 4.98 Å². The van der Waals surface area contributed by atoms with Gasteiger partial charge in [0.05, 0.1) is 17.8 Å². The molecule has 0 aliphatic heterocycles. The molecule has 0 unspecified atom stereocenters. The molecule has 4 rings (SSSR count). The molecule has 0 radical (unpaired) electrons. The Morgan fingerprint density at radius 3 is 2.31 bits per heavy atom. The molecule has 2 aromatic heterocycles. The lowest BCUT2D eigenvalue weighted by Crippen LogP contribution is -2.24. The zero-order valence-corrected chi connectivity index (χ0v) is 19.3. The van der Waals surface area contributed by atoms with Crippen LogP contribution in [0, 0.1) is 0 Å². The summed E-state index contributed by atoms with van der Waals surface area (Å²) < 4.78 is 37.1. The smallest absolute Gasteiger partial charge is 0.387 e. The number of hydrogen-bond acceptors (Lipinski definition) is 5. The molecule has 35 heavy (non-hydrogen) atoms. The summed E-state index contributed by atoms with van der Waals surface area (Å²) in [7, 11) is 3.17. The summed E-state index contributed by atoms with van der Waals surface area (Å²) in [4.78, 5) is 30.7. The summed E-state index contributed by atoms with van der Waals surface area (Å²) >= 11 is 6.30. The van der Waals surface area contributed by atoms with E-state index in [4.69, 9.17) is 16.3 Å². The predicted octanol–water partition coefficient (Wildman–Crippen LogP) is 4.75. The fraction of sp³-hybridized carbons (Fsp3) is 0.125. The SMILES string of the molecule is COc1ccc(-c2c(NC(=O)c3ccc(OC(F)F)cc3)c(=O)n(-c3ncccc3Cl)n2C)cc1. The van der Waals surface area contributed by atoms with Crippen molar-refractivity contribution in [2.75, 3.05) is 12.4 Å². The monoisotopic (exact) mass is 500 g/mol. The molecule has 0 fully saturated rings. The van der Waals surface area contributed by atoms with Gasteiger partial charge in [-0.1, -0.05) is 11.6 Å². The van der Waals surface area contributed by atoms with Crippen molar-refractivity contribution in [1.82, 2.24) is 14.3 Å². The largest absolute Gasteiger partial charge is 0.497 e.